The van der Waals surface area contributed by atoms with Gasteiger partial charge in [-0.25, -0.2) is 14.6 Å². The first kappa shape index (κ1) is 19.4. The Labute approximate surface area is 177 Å². The zero-order valence-electron chi connectivity index (χ0n) is 15.7. The van der Waals surface area contributed by atoms with E-state index in [-0.39, 0.29) is 11.7 Å². The first-order valence-electron chi connectivity index (χ1n) is 9.10. The van der Waals surface area contributed by atoms with Gasteiger partial charge in [-0.1, -0.05) is 42.4 Å². The summed E-state index contributed by atoms with van der Waals surface area (Å²) in [6.07, 6.45) is 4.17. The number of carbonyl (C=O) groups excluding carboxylic acids is 1. The van der Waals surface area contributed by atoms with Crippen LogP contribution in [0.5, 0.6) is 0 Å². The number of nitrogens with one attached hydrogen (secondary N) is 1. The summed E-state index contributed by atoms with van der Waals surface area (Å²) in [7, 11) is 0. The van der Waals surface area contributed by atoms with Crippen LogP contribution in [-0.4, -0.2) is 31.4 Å². The molecule has 8 heteroatoms. The van der Waals surface area contributed by atoms with E-state index >= 15 is 0 Å². The molecule has 1 N–H and O–H groups in total. The van der Waals surface area contributed by atoms with E-state index in [9.17, 15) is 4.79 Å². The monoisotopic (exact) mass is 423 g/mol. The highest BCUT2D eigenvalue weighted by Crippen LogP contribution is 2.26. The number of carbonyl (C=O) groups is 1. The molecule has 0 fully saturated rings. The molecular weight excluding hydrogens is 406 g/mol. The fraction of sp³-hybridized carbons (Fsp3) is 0.143. The number of anilines is 1. The Balaban J connectivity index is 1.48. The van der Waals surface area contributed by atoms with E-state index < -0.39 is 0 Å². The van der Waals surface area contributed by atoms with Crippen molar-refractivity contribution in [2.45, 2.75) is 18.4 Å². The fourth-order valence-electron chi connectivity index (χ4n) is 2.86. The number of thioether (sulfide) groups is 1. The maximum absolute atomic E-state index is 12.3. The first-order chi connectivity index (χ1) is 14.1. The third-order valence-corrected chi connectivity index (χ3v) is 5.64. The second-order valence-electron chi connectivity index (χ2n) is 6.34. The number of benzene rings is 2. The number of hydrogen-bond donors (Lipinski definition) is 1. The lowest BCUT2D eigenvalue weighted by Gasteiger charge is -2.06. The van der Waals surface area contributed by atoms with Crippen LogP contribution in [0.3, 0.4) is 0 Å². The molecular formula is C21H18ClN5OS. The summed E-state index contributed by atoms with van der Waals surface area (Å²) in [5.41, 5.74) is 3.56. The topological polar surface area (TPSA) is 72.7 Å². The highest BCUT2D eigenvalue weighted by Gasteiger charge is 2.13. The van der Waals surface area contributed by atoms with Gasteiger partial charge in [0, 0.05) is 10.7 Å². The van der Waals surface area contributed by atoms with Crippen molar-refractivity contribution in [2.24, 2.45) is 0 Å². The van der Waals surface area contributed by atoms with E-state index in [1.807, 2.05) is 36.4 Å². The van der Waals surface area contributed by atoms with Crippen LogP contribution in [0.1, 0.15) is 12.5 Å². The van der Waals surface area contributed by atoms with E-state index in [2.05, 4.69) is 27.3 Å². The molecule has 2 heterocycles. The van der Waals surface area contributed by atoms with Gasteiger partial charge in [0.15, 0.2) is 5.65 Å². The molecule has 0 unspecified atom stereocenters. The summed E-state index contributed by atoms with van der Waals surface area (Å²) in [5, 5.41) is 9.51. The summed E-state index contributed by atoms with van der Waals surface area (Å²) in [4.78, 5) is 21.0. The molecule has 146 valence electrons. The Kier molecular flexibility index (Phi) is 5.78. The predicted molar refractivity (Wildman–Crippen MR) is 117 cm³/mol. The van der Waals surface area contributed by atoms with Gasteiger partial charge in [0.2, 0.25) is 5.91 Å². The van der Waals surface area contributed by atoms with Gasteiger partial charge >= 0.3 is 0 Å². The minimum Gasteiger partial charge on any atom is -0.325 e. The third-order valence-electron chi connectivity index (χ3n) is 4.39. The molecule has 0 spiro atoms. The van der Waals surface area contributed by atoms with Crippen molar-refractivity contribution in [2.75, 3.05) is 11.1 Å². The quantitative estimate of drug-likeness (QED) is 0.357. The molecule has 0 saturated heterocycles. The number of amides is 1. The first-order valence-corrected chi connectivity index (χ1v) is 10.5. The molecule has 29 heavy (non-hydrogen) atoms. The lowest BCUT2D eigenvalue weighted by molar-refractivity contribution is -0.113. The molecule has 2 aromatic heterocycles. The predicted octanol–water partition coefficient (Wildman–Crippen LogP) is 4.76. The smallest absolute Gasteiger partial charge is 0.234 e. The standard InChI is InChI=1S/C21H18ClN5OS/c1-2-14-3-7-16(8-4-14)26-19(28)12-29-21-18-11-25-27(20(18)23-13-24-21)17-9-5-15(22)6-10-17/h3-11,13H,2,12H2,1H3,(H,26,28). The Morgan fingerprint density at radius 2 is 1.86 bits per heavy atom. The van der Waals surface area contributed by atoms with Crippen molar-refractivity contribution in [3.8, 4) is 5.69 Å². The van der Waals surface area contributed by atoms with Crippen molar-refractivity contribution in [1.29, 1.82) is 0 Å². The van der Waals surface area contributed by atoms with Crippen molar-refractivity contribution in [3.63, 3.8) is 0 Å². The molecule has 0 radical (unpaired) electrons. The van der Waals surface area contributed by atoms with Crippen LogP contribution in [0.15, 0.2) is 66.1 Å². The highest BCUT2D eigenvalue weighted by atomic mass is 35.5. The third kappa shape index (κ3) is 4.41. The Morgan fingerprint density at radius 3 is 2.59 bits per heavy atom. The van der Waals surface area contributed by atoms with Gasteiger partial charge in [0.05, 0.1) is 23.0 Å². The number of nitrogens with zero attached hydrogens (tertiary/aromatic N) is 4. The highest BCUT2D eigenvalue weighted by molar-refractivity contribution is 8.00. The minimum absolute atomic E-state index is 0.0869. The second kappa shape index (κ2) is 8.63. The SMILES string of the molecule is CCc1ccc(NC(=O)CSc2ncnc3c2cnn3-c2ccc(Cl)cc2)cc1. The molecule has 0 saturated carbocycles. The molecule has 1 amide bonds. The van der Waals surface area contributed by atoms with E-state index in [1.165, 1.54) is 23.7 Å². The zero-order valence-corrected chi connectivity index (χ0v) is 17.2. The molecule has 6 nitrogen and oxygen atoms in total. The lowest BCUT2D eigenvalue weighted by Crippen LogP contribution is -2.14. The van der Waals surface area contributed by atoms with Gasteiger partial charge in [-0.05, 0) is 48.4 Å². The van der Waals surface area contributed by atoms with E-state index in [0.717, 1.165) is 23.2 Å². The number of rotatable bonds is 6. The molecule has 2 aromatic carbocycles. The fourth-order valence-corrected chi connectivity index (χ4v) is 3.75. The number of aromatic nitrogens is 4. The number of fused-ring (bicyclic) bond motifs is 1. The lowest BCUT2D eigenvalue weighted by atomic mass is 10.1. The van der Waals surface area contributed by atoms with Gasteiger partial charge in [-0.15, -0.1) is 0 Å². The molecule has 4 aromatic rings. The van der Waals surface area contributed by atoms with Gasteiger partial charge in [0.25, 0.3) is 0 Å². The van der Waals surface area contributed by atoms with Gasteiger partial charge in [-0.3, -0.25) is 4.79 Å². The second-order valence-corrected chi connectivity index (χ2v) is 7.74. The van der Waals surface area contributed by atoms with Crippen molar-refractivity contribution >= 4 is 46.0 Å². The Hall–Kier alpha value is -2.90. The van der Waals surface area contributed by atoms with Gasteiger partial charge in [-0.2, -0.15) is 5.10 Å². The van der Waals surface area contributed by atoms with Crippen LogP contribution in [0, 0.1) is 0 Å². The average molecular weight is 424 g/mol. The maximum atomic E-state index is 12.3. The molecule has 0 aliphatic heterocycles. The molecule has 0 aliphatic carbocycles. The summed E-state index contributed by atoms with van der Waals surface area (Å²) in [6, 6.07) is 15.2. The van der Waals surface area contributed by atoms with E-state index in [1.54, 1.807) is 23.0 Å². The van der Waals surface area contributed by atoms with Crippen molar-refractivity contribution in [1.82, 2.24) is 19.7 Å². The molecule has 0 atom stereocenters. The zero-order chi connectivity index (χ0) is 20.2. The number of hydrogen-bond acceptors (Lipinski definition) is 5. The van der Waals surface area contributed by atoms with Crippen molar-refractivity contribution < 1.29 is 4.79 Å². The van der Waals surface area contributed by atoms with Crippen LogP contribution in [0.25, 0.3) is 16.7 Å². The summed E-state index contributed by atoms with van der Waals surface area (Å²) in [5.74, 6) is 0.157. The van der Waals surface area contributed by atoms with E-state index in [4.69, 9.17) is 11.6 Å². The maximum Gasteiger partial charge on any atom is 0.234 e. The largest absolute Gasteiger partial charge is 0.325 e. The molecule has 0 aliphatic rings. The van der Waals surface area contributed by atoms with Crippen LogP contribution >= 0.6 is 23.4 Å². The van der Waals surface area contributed by atoms with E-state index in [0.29, 0.717) is 15.7 Å². The van der Waals surface area contributed by atoms with Crippen LogP contribution < -0.4 is 5.32 Å². The Morgan fingerprint density at radius 1 is 1.10 bits per heavy atom. The number of aryl methyl sites for hydroxylation is 1. The van der Waals surface area contributed by atoms with Gasteiger partial charge < -0.3 is 5.32 Å². The summed E-state index contributed by atoms with van der Waals surface area (Å²) in [6.45, 7) is 2.10. The Bertz CT molecular complexity index is 1140. The number of halogens is 1. The van der Waals surface area contributed by atoms with Crippen LogP contribution in [0.2, 0.25) is 5.02 Å². The molecule has 4 rings (SSSR count). The summed E-state index contributed by atoms with van der Waals surface area (Å²) < 4.78 is 1.73. The van der Waals surface area contributed by atoms with Gasteiger partial charge in [0.1, 0.15) is 11.4 Å². The summed E-state index contributed by atoms with van der Waals surface area (Å²) >= 11 is 7.32. The van der Waals surface area contributed by atoms with Crippen LogP contribution in [-0.2, 0) is 11.2 Å². The molecule has 0 bridgehead atoms. The van der Waals surface area contributed by atoms with Crippen molar-refractivity contribution in [3.05, 3.63) is 71.6 Å². The average Bonchev–Trinajstić information content (AvgIpc) is 3.18. The normalized spacial score (nSPS) is 11.0. The van der Waals surface area contributed by atoms with Crippen LogP contribution in [0.4, 0.5) is 5.69 Å². The minimum atomic E-state index is -0.0869.